The molecular weight excluding hydrogens is 314 g/mol. The lowest BCUT2D eigenvalue weighted by atomic mass is 10.4. The molecule has 0 saturated carbocycles. The average molecular weight is 328 g/mol. The van der Waals surface area contributed by atoms with Crippen molar-refractivity contribution in [3.05, 3.63) is 33.2 Å². The van der Waals surface area contributed by atoms with Crippen LogP contribution in [-0.2, 0) is 6.54 Å². The van der Waals surface area contributed by atoms with Crippen molar-refractivity contribution in [2.75, 3.05) is 5.32 Å². The minimum atomic E-state index is 0.112. The van der Waals surface area contributed by atoms with Crippen molar-refractivity contribution in [2.24, 2.45) is 0 Å². The van der Waals surface area contributed by atoms with Crippen molar-refractivity contribution in [3.63, 3.8) is 0 Å². The summed E-state index contributed by atoms with van der Waals surface area (Å²) >= 11 is 5.13. The number of nitrogens with zero attached hydrogens (tertiary/aromatic N) is 2. The van der Waals surface area contributed by atoms with E-state index in [1.165, 1.54) is 11.2 Å². The molecule has 0 amide bonds. The quantitative estimate of drug-likeness (QED) is 0.909. The Hall–Kier alpha value is -1.14. The van der Waals surface area contributed by atoms with Gasteiger partial charge in [0, 0.05) is 20.8 Å². The van der Waals surface area contributed by atoms with Crippen molar-refractivity contribution < 1.29 is 4.74 Å². The topological polar surface area (TPSA) is 47.0 Å². The lowest BCUT2D eigenvalue weighted by Crippen LogP contribution is -2.08. The van der Waals surface area contributed by atoms with Gasteiger partial charge in [-0.15, -0.1) is 11.3 Å². The van der Waals surface area contributed by atoms with Crippen LogP contribution in [0, 0.1) is 0 Å². The summed E-state index contributed by atoms with van der Waals surface area (Å²) in [6.45, 7) is 4.69. The summed E-state index contributed by atoms with van der Waals surface area (Å²) in [5, 5.41) is 5.31. The highest BCUT2D eigenvalue weighted by Crippen LogP contribution is 2.21. The molecule has 0 fully saturated rings. The Labute approximate surface area is 119 Å². The standard InChI is InChI=1S/C12H14BrN3OS/c1-8(2)17-12-4-11(15-7-16-12)14-5-10-3-9(13)6-18-10/h3-4,6-8H,5H2,1-2H3,(H,14,15,16). The molecule has 0 saturated heterocycles. The molecule has 0 aliphatic rings. The van der Waals surface area contributed by atoms with Gasteiger partial charge in [-0.1, -0.05) is 0 Å². The van der Waals surface area contributed by atoms with Gasteiger partial charge in [0.1, 0.15) is 12.1 Å². The van der Waals surface area contributed by atoms with Crippen LogP contribution < -0.4 is 10.1 Å². The zero-order valence-corrected chi connectivity index (χ0v) is 12.6. The first-order valence-corrected chi connectivity index (χ1v) is 7.26. The number of ether oxygens (including phenoxy) is 1. The van der Waals surface area contributed by atoms with E-state index in [1.807, 2.05) is 19.9 Å². The molecule has 0 aliphatic heterocycles. The molecule has 0 bridgehead atoms. The van der Waals surface area contributed by atoms with Gasteiger partial charge in [-0.05, 0) is 35.8 Å². The van der Waals surface area contributed by atoms with Gasteiger partial charge in [-0.3, -0.25) is 0 Å². The van der Waals surface area contributed by atoms with E-state index in [0.29, 0.717) is 5.88 Å². The fraction of sp³-hybridized carbons (Fsp3) is 0.333. The number of halogens is 1. The minimum absolute atomic E-state index is 0.112. The maximum Gasteiger partial charge on any atom is 0.218 e. The zero-order valence-electron chi connectivity index (χ0n) is 10.2. The van der Waals surface area contributed by atoms with Gasteiger partial charge in [0.05, 0.1) is 12.6 Å². The van der Waals surface area contributed by atoms with Crippen LogP contribution in [0.5, 0.6) is 5.88 Å². The van der Waals surface area contributed by atoms with Crippen LogP contribution in [0.3, 0.4) is 0 Å². The number of hydrogen-bond donors (Lipinski definition) is 1. The average Bonchev–Trinajstić information content (AvgIpc) is 2.72. The Balaban J connectivity index is 1.96. The molecule has 0 aromatic carbocycles. The Kier molecular flexibility index (Phi) is 4.54. The normalized spacial score (nSPS) is 10.7. The molecular formula is C12H14BrN3OS. The number of nitrogens with one attached hydrogen (secondary N) is 1. The van der Waals surface area contributed by atoms with Crippen LogP contribution in [-0.4, -0.2) is 16.1 Å². The molecule has 2 aromatic rings. The van der Waals surface area contributed by atoms with E-state index < -0.39 is 0 Å². The van der Waals surface area contributed by atoms with Crippen LogP contribution >= 0.6 is 27.3 Å². The summed E-state index contributed by atoms with van der Waals surface area (Å²) in [6.07, 6.45) is 1.62. The maximum atomic E-state index is 5.51. The van der Waals surface area contributed by atoms with E-state index in [9.17, 15) is 0 Å². The van der Waals surface area contributed by atoms with Gasteiger partial charge < -0.3 is 10.1 Å². The summed E-state index contributed by atoms with van der Waals surface area (Å²) in [7, 11) is 0. The summed E-state index contributed by atoms with van der Waals surface area (Å²) in [5.41, 5.74) is 0. The molecule has 0 aliphatic carbocycles. The predicted molar refractivity (Wildman–Crippen MR) is 77.1 cm³/mol. The summed E-state index contributed by atoms with van der Waals surface area (Å²) in [6, 6.07) is 3.90. The first-order chi connectivity index (χ1) is 8.63. The van der Waals surface area contributed by atoms with Gasteiger partial charge >= 0.3 is 0 Å². The molecule has 18 heavy (non-hydrogen) atoms. The van der Waals surface area contributed by atoms with Gasteiger partial charge in [-0.25, -0.2) is 9.97 Å². The summed E-state index contributed by atoms with van der Waals surface area (Å²) < 4.78 is 6.62. The summed E-state index contributed by atoms with van der Waals surface area (Å²) in [4.78, 5) is 9.46. The molecule has 0 radical (unpaired) electrons. The van der Waals surface area contributed by atoms with E-state index in [2.05, 4.69) is 42.7 Å². The van der Waals surface area contributed by atoms with Crippen LogP contribution in [0.25, 0.3) is 0 Å². The third-order valence-corrected chi connectivity index (χ3v) is 3.76. The monoisotopic (exact) mass is 327 g/mol. The van der Waals surface area contributed by atoms with Crippen LogP contribution in [0.2, 0.25) is 0 Å². The molecule has 2 aromatic heterocycles. The third kappa shape index (κ3) is 3.96. The molecule has 96 valence electrons. The van der Waals surface area contributed by atoms with Crippen LogP contribution in [0.15, 0.2) is 28.3 Å². The Bertz CT molecular complexity index is 516. The van der Waals surface area contributed by atoms with Gasteiger partial charge in [0.2, 0.25) is 5.88 Å². The predicted octanol–water partition coefficient (Wildman–Crippen LogP) is 3.70. The zero-order chi connectivity index (χ0) is 13.0. The van der Waals surface area contributed by atoms with Gasteiger partial charge in [0.15, 0.2) is 0 Å². The minimum Gasteiger partial charge on any atom is -0.475 e. The second kappa shape index (κ2) is 6.15. The molecule has 6 heteroatoms. The van der Waals surface area contributed by atoms with Crippen molar-refractivity contribution in [3.8, 4) is 5.88 Å². The number of anilines is 1. The Morgan fingerprint density at radius 2 is 2.22 bits per heavy atom. The maximum absolute atomic E-state index is 5.51. The first-order valence-electron chi connectivity index (χ1n) is 5.59. The van der Waals surface area contributed by atoms with E-state index >= 15 is 0 Å². The number of thiophene rings is 1. The Morgan fingerprint density at radius 3 is 2.89 bits per heavy atom. The van der Waals surface area contributed by atoms with Gasteiger partial charge in [-0.2, -0.15) is 0 Å². The molecule has 1 N–H and O–H groups in total. The van der Waals surface area contributed by atoms with Crippen LogP contribution in [0.1, 0.15) is 18.7 Å². The lowest BCUT2D eigenvalue weighted by molar-refractivity contribution is 0.232. The molecule has 2 rings (SSSR count). The van der Waals surface area contributed by atoms with Crippen molar-refractivity contribution in [2.45, 2.75) is 26.5 Å². The SMILES string of the molecule is CC(C)Oc1cc(NCc2cc(Br)cs2)ncn1. The number of hydrogen-bond acceptors (Lipinski definition) is 5. The van der Waals surface area contributed by atoms with Gasteiger partial charge in [0.25, 0.3) is 0 Å². The largest absolute Gasteiger partial charge is 0.475 e. The number of aromatic nitrogens is 2. The molecule has 2 heterocycles. The second-order valence-electron chi connectivity index (χ2n) is 3.99. The van der Waals surface area contributed by atoms with E-state index in [-0.39, 0.29) is 6.10 Å². The van der Waals surface area contributed by atoms with E-state index in [1.54, 1.807) is 11.3 Å². The highest BCUT2D eigenvalue weighted by atomic mass is 79.9. The highest BCUT2D eigenvalue weighted by Gasteiger charge is 2.03. The Morgan fingerprint density at radius 1 is 1.39 bits per heavy atom. The smallest absolute Gasteiger partial charge is 0.218 e. The molecule has 0 spiro atoms. The molecule has 0 atom stereocenters. The van der Waals surface area contributed by atoms with Crippen molar-refractivity contribution in [1.29, 1.82) is 0 Å². The van der Waals surface area contributed by atoms with E-state index in [0.717, 1.165) is 16.8 Å². The highest BCUT2D eigenvalue weighted by molar-refractivity contribution is 9.10. The third-order valence-electron chi connectivity index (χ3n) is 2.06. The molecule has 4 nitrogen and oxygen atoms in total. The lowest BCUT2D eigenvalue weighted by Gasteiger charge is -2.09. The van der Waals surface area contributed by atoms with Crippen molar-refractivity contribution >= 4 is 33.1 Å². The summed E-state index contributed by atoms with van der Waals surface area (Å²) in [5.74, 6) is 1.36. The first kappa shape index (κ1) is 13.3. The number of rotatable bonds is 5. The molecule has 0 unspecified atom stereocenters. The van der Waals surface area contributed by atoms with Crippen LogP contribution in [0.4, 0.5) is 5.82 Å². The fourth-order valence-electron chi connectivity index (χ4n) is 1.37. The fourth-order valence-corrected chi connectivity index (χ4v) is 2.76. The van der Waals surface area contributed by atoms with Crippen molar-refractivity contribution in [1.82, 2.24) is 9.97 Å². The van der Waals surface area contributed by atoms with E-state index in [4.69, 9.17) is 4.74 Å². The second-order valence-corrected chi connectivity index (χ2v) is 5.90.